The minimum absolute atomic E-state index is 0.0217. The van der Waals surface area contributed by atoms with Crippen molar-refractivity contribution < 1.29 is 14.1 Å². The van der Waals surface area contributed by atoms with E-state index in [0.717, 1.165) is 16.6 Å². The van der Waals surface area contributed by atoms with Crippen molar-refractivity contribution >= 4 is 5.69 Å². The predicted molar refractivity (Wildman–Crippen MR) is 61.4 cm³/mol. The Morgan fingerprint density at radius 3 is 2.44 bits per heavy atom. The molecule has 0 saturated carbocycles. The summed E-state index contributed by atoms with van der Waals surface area (Å²) in [5.41, 5.74) is 0.952. The Labute approximate surface area is 95.0 Å². The van der Waals surface area contributed by atoms with E-state index in [-0.39, 0.29) is 5.69 Å². The van der Waals surface area contributed by atoms with Crippen molar-refractivity contribution in [3.05, 3.63) is 33.9 Å². The second-order valence-electron chi connectivity index (χ2n) is 4.71. The van der Waals surface area contributed by atoms with Crippen molar-refractivity contribution in [2.75, 3.05) is 28.3 Å². The molecule has 0 aliphatic rings. The molecule has 0 heterocycles. The van der Waals surface area contributed by atoms with Crippen LogP contribution in [0.5, 0.6) is 5.75 Å². The summed E-state index contributed by atoms with van der Waals surface area (Å²) in [7, 11) is 7.55. The molecule has 0 atom stereocenters. The Kier molecular flexibility index (Phi) is 3.49. The minimum Gasteiger partial charge on any atom is -0.490 e. The summed E-state index contributed by atoms with van der Waals surface area (Å²) in [5.74, 6) is 0.301. The molecule has 0 aliphatic carbocycles. The molecule has 0 N–H and O–H groups in total. The summed E-state index contributed by atoms with van der Waals surface area (Å²) in [5, 5.41) is 10.8. The number of quaternary nitrogens is 1. The van der Waals surface area contributed by atoms with Crippen LogP contribution in [0.4, 0.5) is 5.69 Å². The van der Waals surface area contributed by atoms with E-state index >= 15 is 0 Å². The summed E-state index contributed by atoms with van der Waals surface area (Å²) in [4.78, 5) is 10.4. The monoisotopic (exact) mass is 225 g/mol. The number of nitro groups is 1. The van der Waals surface area contributed by atoms with E-state index in [0.29, 0.717) is 5.75 Å². The second-order valence-corrected chi connectivity index (χ2v) is 4.71. The van der Waals surface area contributed by atoms with Gasteiger partial charge < -0.3 is 9.22 Å². The summed E-state index contributed by atoms with van der Waals surface area (Å²) in [6, 6.07) is 5.07. The smallest absolute Gasteiger partial charge is 0.311 e. The van der Waals surface area contributed by atoms with Crippen LogP contribution in [0.25, 0.3) is 0 Å². The number of benzene rings is 1. The van der Waals surface area contributed by atoms with Crippen LogP contribution < -0.4 is 4.74 Å². The maximum Gasteiger partial charge on any atom is 0.311 e. The summed E-state index contributed by atoms with van der Waals surface area (Å²) in [6.45, 7) is 0.741. The van der Waals surface area contributed by atoms with E-state index in [2.05, 4.69) is 0 Å². The average Bonchev–Trinajstić information content (AvgIpc) is 2.15. The summed E-state index contributed by atoms with van der Waals surface area (Å²) < 4.78 is 5.67. The molecule has 1 aromatic rings. The highest BCUT2D eigenvalue weighted by atomic mass is 16.6. The van der Waals surface area contributed by atoms with Gasteiger partial charge in [0.05, 0.1) is 33.2 Å². The first kappa shape index (κ1) is 12.4. The van der Waals surface area contributed by atoms with Gasteiger partial charge in [-0.1, -0.05) is 0 Å². The highest BCUT2D eigenvalue weighted by Crippen LogP contribution is 2.28. The zero-order valence-electron chi connectivity index (χ0n) is 10.1. The lowest BCUT2D eigenvalue weighted by molar-refractivity contribution is -0.884. The maximum absolute atomic E-state index is 10.8. The van der Waals surface area contributed by atoms with Gasteiger partial charge in [0.15, 0.2) is 5.75 Å². The molecule has 0 aromatic heterocycles. The zero-order valence-corrected chi connectivity index (χ0v) is 10.1. The Hall–Kier alpha value is -1.62. The molecule has 1 rings (SSSR count). The number of hydrogen-bond acceptors (Lipinski definition) is 3. The third kappa shape index (κ3) is 3.20. The maximum atomic E-state index is 10.8. The van der Waals surface area contributed by atoms with Crippen LogP contribution in [0.1, 0.15) is 5.56 Å². The van der Waals surface area contributed by atoms with Crippen LogP contribution in [0.3, 0.4) is 0 Å². The molecule has 0 amide bonds. The van der Waals surface area contributed by atoms with Crippen molar-refractivity contribution in [3.63, 3.8) is 0 Å². The first-order valence-corrected chi connectivity index (χ1v) is 4.95. The van der Waals surface area contributed by atoms with Gasteiger partial charge in [-0.05, 0) is 12.1 Å². The van der Waals surface area contributed by atoms with Crippen molar-refractivity contribution in [2.24, 2.45) is 0 Å². The van der Waals surface area contributed by atoms with Crippen LogP contribution in [0.2, 0.25) is 0 Å². The van der Waals surface area contributed by atoms with Gasteiger partial charge in [-0.2, -0.15) is 0 Å². The largest absolute Gasteiger partial charge is 0.490 e. The van der Waals surface area contributed by atoms with Gasteiger partial charge in [0.1, 0.15) is 6.54 Å². The zero-order chi connectivity index (χ0) is 12.3. The van der Waals surface area contributed by atoms with E-state index in [9.17, 15) is 10.1 Å². The van der Waals surface area contributed by atoms with Crippen LogP contribution in [0.15, 0.2) is 18.2 Å². The molecule has 5 heteroatoms. The van der Waals surface area contributed by atoms with Gasteiger partial charge in [0, 0.05) is 11.6 Å². The van der Waals surface area contributed by atoms with Gasteiger partial charge in [0.25, 0.3) is 0 Å². The average molecular weight is 225 g/mol. The molecular formula is C11H17N2O3+. The fraction of sp³-hybridized carbons (Fsp3) is 0.455. The molecule has 16 heavy (non-hydrogen) atoms. The molecule has 0 unspecified atom stereocenters. The van der Waals surface area contributed by atoms with Crippen molar-refractivity contribution in [3.8, 4) is 5.75 Å². The van der Waals surface area contributed by atoms with E-state index < -0.39 is 4.92 Å². The van der Waals surface area contributed by atoms with Gasteiger partial charge >= 0.3 is 5.69 Å². The molecule has 88 valence electrons. The first-order chi connectivity index (χ1) is 7.33. The highest BCUT2D eigenvalue weighted by molar-refractivity contribution is 5.48. The standard InChI is InChI=1S/C11H17N2O3/c1-13(2,3)8-9-5-6-11(16-4)10(7-9)12(14)15/h5-7H,8H2,1-4H3/q+1. The van der Waals surface area contributed by atoms with Crippen molar-refractivity contribution in [1.82, 2.24) is 0 Å². The van der Waals surface area contributed by atoms with E-state index in [4.69, 9.17) is 4.74 Å². The molecule has 0 saturated heterocycles. The summed E-state index contributed by atoms with van der Waals surface area (Å²) in [6.07, 6.45) is 0. The molecular weight excluding hydrogens is 208 g/mol. The lowest BCUT2D eigenvalue weighted by Gasteiger charge is -2.23. The Balaban J connectivity index is 3.07. The molecule has 1 aromatic carbocycles. The summed E-state index contributed by atoms with van der Waals surface area (Å²) >= 11 is 0. The first-order valence-electron chi connectivity index (χ1n) is 4.95. The lowest BCUT2D eigenvalue weighted by atomic mass is 10.1. The third-order valence-electron chi connectivity index (χ3n) is 2.10. The number of ether oxygens (including phenoxy) is 1. The lowest BCUT2D eigenvalue weighted by Crippen LogP contribution is -2.33. The Morgan fingerprint density at radius 1 is 1.38 bits per heavy atom. The van der Waals surface area contributed by atoms with Crippen LogP contribution >= 0.6 is 0 Å². The van der Waals surface area contributed by atoms with E-state index in [1.807, 2.05) is 27.2 Å². The molecule has 5 nitrogen and oxygen atoms in total. The van der Waals surface area contributed by atoms with Crippen LogP contribution in [0, 0.1) is 10.1 Å². The van der Waals surface area contributed by atoms with E-state index in [1.54, 1.807) is 12.1 Å². The number of nitro benzene ring substituents is 1. The number of rotatable bonds is 4. The molecule has 0 bridgehead atoms. The Morgan fingerprint density at radius 2 is 2.00 bits per heavy atom. The van der Waals surface area contributed by atoms with Crippen molar-refractivity contribution in [2.45, 2.75) is 6.54 Å². The number of methoxy groups -OCH3 is 1. The second kappa shape index (κ2) is 4.49. The molecule has 0 aliphatic heterocycles. The topological polar surface area (TPSA) is 52.4 Å². The van der Waals surface area contributed by atoms with E-state index in [1.165, 1.54) is 7.11 Å². The molecule has 0 spiro atoms. The Bertz CT molecular complexity index is 397. The quantitative estimate of drug-likeness (QED) is 0.446. The van der Waals surface area contributed by atoms with Gasteiger partial charge in [-0.15, -0.1) is 0 Å². The highest BCUT2D eigenvalue weighted by Gasteiger charge is 2.17. The number of hydrogen-bond donors (Lipinski definition) is 0. The molecule has 0 fully saturated rings. The fourth-order valence-electron chi connectivity index (χ4n) is 1.52. The van der Waals surface area contributed by atoms with Gasteiger partial charge in [-0.25, -0.2) is 0 Å². The normalized spacial score (nSPS) is 11.2. The van der Waals surface area contributed by atoms with Crippen LogP contribution in [-0.4, -0.2) is 37.7 Å². The third-order valence-corrected chi connectivity index (χ3v) is 2.10. The number of nitrogens with zero attached hydrogens (tertiary/aromatic N) is 2. The fourth-order valence-corrected chi connectivity index (χ4v) is 1.52. The molecule has 0 radical (unpaired) electrons. The SMILES string of the molecule is COc1ccc(C[N+](C)(C)C)cc1[N+](=O)[O-]. The van der Waals surface area contributed by atoms with Gasteiger partial charge in [0.2, 0.25) is 0 Å². The van der Waals surface area contributed by atoms with Crippen LogP contribution in [-0.2, 0) is 6.54 Å². The minimum atomic E-state index is -0.419. The van der Waals surface area contributed by atoms with Gasteiger partial charge in [-0.3, -0.25) is 10.1 Å². The van der Waals surface area contributed by atoms with Crippen molar-refractivity contribution in [1.29, 1.82) is 0 Å². The predicted octanol–water partition coefficient (Wildman–Crippen LogP) is 1.81.